The van der Waals surface area contributed by atoms with Gasteiger partial charge in [-0.2, -0.15) is 0 Å². The lowest BCUT2D eigenvalue weighted by atomic mass is 10.1. The van der Waals surface area contributed by atoms with Crippen LogP contribution in [0.5, 0.6) is 0 Å². The van der Waals surface area contributed by atoms with Crippen molar-refractivity contribution in [2.45, 2.75) is 46.5 Å². The van der Waals surface area contributed by atoms with Crippen LogP contribution in [-0.2, 0) is 12.8 Å². The third-order valence-electron chi connectivity index (χ3n) is 3.14. The van der Waals surface area contributed by atoms with Gasteiger partial charge in [0.05, 0.1) is 10.0 Å². The standard InChI is InChI=1S/C16H23N3OS2/c1-11(2)8-15-19-13(10-22-15)16(20)17-7-5-4-6-14-18-12(3)9-21-14/h9-11H,4-8H2,1-3H3,(H,17,20). The number of nitrogens with one attached hydrogen (secondary N) is 1. The summed E-state index contributed by atoms with van der Waals surface area (Å²) in [5.41, 5.74) is 1.64. The number of carbonyl (C=O) groups is 1. The van der Waals surface area contributed by atoms with E-state index in [0.29, 0.717) is 18.2 Å². The molecule has 6 heteroatoms. The van der Waals surface area contributed by atoms with Crippen LogP contribution in [0.15, 0.2) is 10.8 Å². The van der Waals surface area contributed by atoms with E-state index in [1.54, 1.807) is 22.7 Å². The number of amides is 1. The lowest BCUT2D eigenvalue weighted by molar-refractivity contribution is 0.0948. The lowest BCUT2D eigenvalue weighted by Gasteiger charge is -2.02. The van der Waals surface area contributed by atoms with Crippen LogP contribution < -0.4 is 5.32 Å². The summed E-state index contributed by atoms with van der Waals surface area (Å²) in [4.78, 5) is 20.8. The summed E-state index contributed by atoms with van der Waals surface area (Å²) in [5.74, 6) is 0.507. The molecule has 4 nitrogen and oxygen atoms in total. The molecular weight excluding hydrogens is 314 g/mol. The quantitative estimate of drug-likeness (QED) is 0.744. The molecule has 0 aromatic carbocycles. The number of unbranched alkanes of at least 4 members (excludes halogenated alkanes) is 1. The molecule has 0 saturated heterocycles. The summed E-state index contributed by atoms with van der Waals surface area (Å²) in [6.45, 7) is 7.03. The third kappa shape index (κ3) is 5.50. The van der Waals surface area contributed by atoms with Crippen molar-refractivity contribution in [1.82, 2.24) is 15.3 Å². The number of hydrogen-bond donors (Lipinski definition) is 1. The molecule has 0 aliphatic rings. The summed E-state index contributed by atoms with van der Waals surface area (Å²) in [5, 5.41) is 9.10. The molecule has 2 aromatic rings. The second-order valence-electron chi connectivity index (χ2n) is 5.82. The predicted molar refractivity (Wildman–Crippen MR) is 92.8 cm³/mol. The second kappa shape index (κ2) is 8.39. The maximum absolute atomic E-state index is 12.0. The Labute approximate surface area is 140 Å². The van der Waals surface area contributed by atoms with Gasteiger partial charge in [-0.3, -0.25) is 4.79 Å². The highest BCUT2D eigenvalue weighted by atomic mass is 32.1. The maximum Gasteiger partial charge on any atom is 0.270 e. The average Bonchev–Trinajstić information content (AvgIpc) is 3.07. The van der Waals surface area contributed by atoms with Crippen molar-refractivity contribution < 1.29 is 4.79 Å². The Balaban J connectivity index is 1.66. The fourth-order valence-electron chi connectivity index (χ4n) is 2.07. The first kappa shape index (κ1) is 17.1. The van der Waals surface area contributed by atoms with E-state index in [1.165, 1.54) is 5.01 Å². The summed E-state index contributed by atoms with van der Waals surface area (Å²) in [6.07, 6.45) is 3.94. The molecule has 2 aromatic heterocycles. The number of thiazole rings is 2. The summed E-state index contributed by atoms with van der Waals surface area (Å²) in [7, 11) is 0. The highest BCUT2D eigenvalue weighted by molar-refractivity contribution is 7.10. The summed E-state index contributed by atoms with van der Waals surface area (Å²) in [6, 6.07) is 0. The molecule has 120 valence electrons. The largest absolute Gasteiger partial charge is 0.351 e. The maximum atomic E-state index is 12.0. The van der Waals surface area contributed by atoms with Gasteiger partial charge in [0, 0.05) is 29.4 Å². The van der Waals surface area contributed by atoms with Crippen LogP contribution in [0, 0.1) is 12.8 Å². The smallest absolute Gasteiger partial charge is 0.270 e. The highest BCUT2D eigenvalue weighted by Crippen LogP contribution is 2.14. The van der Waals surface area contributed by atoms with Crippen molar-refractivity contribution in [2.75, 3.05) is 6.54 Å². The summed E-state index contributed by atoms with van der Waals surface area (Å²) >= 11 is 3.28. The van der Waals surface area contributed by atoms with E-state index >= 15 is 0 Å². The van der Waals surface area contributed by atoms with Crippen molar-refractivity contribution in [3.63, 3.8) is 0 Å². The van der Waals surface area contributed by atoms with Crippen LogP contribution in [0.1, 0.15) is 52.9 Å². The SMILES string of the molecule is Cc1csc(CCCCNC(=O)c2csc(CC(C)C)n2)n1. The molecule has 0 spiro atoms. The van der Waals surface area contributed by atoms with Crippen LogP contribution in [0.3, 0.4) is 0 Å². The Morgan fingerprint density at radius 2 is 1.95 bits per heavy atom. The fourth-order valence-corrected chi connectivity index (χ4v) is 3.88. The molecule has 22 heavy (non-hydrogen) atoms. The number of aromatic nitrogens is 2. The van der Waals surface area contributed by atoms with E-state index in [0.717, 1.165) is 36.4 Å². The van der Waals surface area contributed by atoms with Crippen molar-refractivity contribution in [1.29, 1.82) is 0 Å². The average molecular weight is 338 g/mol. The molecule has 0 aliphatic heterocycles. The minimum absolute atomic E-state index is 0.0589. The number of rotatable bonds is 8. The summed E-state index contributed by atoms with van der Waals surface area (Å²) < 4.78 is 0. The zero-order valence-electron chi connectivity index (χ0n) is 13.4. The van der Waals surface area contributed by atoms with Crippen molar-refractivity contribution >= 4 is 28.6 Å². The van der Waals surface area contributed by atoms with Crippen LogP contribution in [-0.4, -0.2) is 22.4 Å². The van der Waals surface area contributed by atoms with Crippen LogP contribution in [0.4, 0.5) is 0 Å². The molecule has 2 heterocycles. The van der Waals surface area contributed by atoms with E-state index < -0.39 is 0 Å². The van der Waals surface area contributed by atoms with E-state index in [4.69, 9.17) is 0 Å². The van der Waals surface area contributed by atoms with Crippen molar-refractivity contribution in [2.24, 2.45) is 5.92 Å². The second-order valence-corrected chi connectivity index (χ2v) is 7.71. The predicted octanol–water partition coefficient (Wildman–Crippen LogP) is 3.86. The molecule has 0 aliphatic carbocycles. The molecule has 0 bridgehead atoms. The molecule has 0 saturated carbocycles. The zero-order chi connectivity index (χ0) is 15.9. The van der Waals surface area contributed by atoms with Gasteiger partial charge in [0.2, 0.25) is 0 Å². The van der Waals surface area contributed by atoms with Gasteiger partial charge in [-0.1, -0.05) is 13.8 Å². The molecule has 1 N–H and O–H groups in total. The van der Waals surface area contributed by atoms with Crippen LogP contribution in [0.2, 0.25) is 0 Å². The topological polar surface area (TPSA) is 54.9 Å². The first-order valence-electron chi connectivity index (χ1n) is 7.68. The Hall–Kier alpha value is -1.27. The Morgan fingerprint density at radius 1 is 1.18 bits per heavy atom. The van der Waals surface area contributed by atoms with Crippen molar-refractivity contribution in [3.05, 3.63) is 32.2 Å². The van der Waals surface area contributed by atoms with E-state index in [9.17, 15) is 4.79 Å². The zero-order valence-corrected chi connectivity index (χ0v) is 15.0. The number of nitrogens with zero attached hydrogens (tertiary/aromatic N) is 2. The van der Waals surface area contributed by atoms with Gasteiger partial charge in [-0.05, 0) is 32.1 Å². The lowest BCUT2D eigenvalue weighted by Crippen LogP contribution is -2.24. The fraction of sp³-hybridized carbons (Fsp3) is 0.562. The van der Waals surface area contributed by atoms with Gasteiger partial charge in [0.25, 0.3) is 5.91 Å². The van der Waals surface area contributed by atoms with Gasteiger partial charge in [0.1, 0.15) is 5.69 Å². The van der Waals surface area contributed by atoms with E-state index in [1.807, 2.05) is 12.3 Å². The molecule has 0 radical (unpaired) electrons. The number of hydrogen-bond acceptors (Lipinski definition) is 5. The molecule has 0 fully saturated rings. The number of carbonyl (C=O) groups excluding carboxylic acids is 1. The monoisotopic (exact) mass is 337 g/mol. The number of aryl methyl sites for hydroxylation is 2. The van der Waals surface area contributed by atoms with Gasteiger partial charge in [-0.15, -0.1) is 22.7 Å². The van der Waals surface area contributed by atoms with Gasteiger partial charge in [0.15, 0.2) is 0 Å². The van der Waals surface area contributed by atoms with Gasteiger partial charge >= 0.3 is 0 Å². The first-order valence-corrected chi connectivity index (χ1v) is 9.44. The molecule has 0 atom stereocenters. The molecule has 2 rings (SSSR count). The Bertz CT molecular complexity index is 604. The van der Waals surface area contributed by atoms with E-state index in [2.05, 4.69) is 34.5 Å². The van der Waals surface area contributed by atoms with Gasteiger partial charge < -0.3 is 5.32 Å². The molecule has 0 unspecified atom stereocenters. The van der Waals surface area contributed by atoms with Crippen LogP contribution in [0.25, 0.3) is 0 Å². The Kier molecular flexibility index (Phi) is 6.51. The molecule has 1 amide bonds. The minimum atomic E-state index is -0.0589. The van der Waals surface area contributed by atoms with Crippen molar-refractivity contribution in [3.8, 4) is 0 Å². The first-order chi connectivity index (χ1) is 10.5. The minimum Gasteiger partial charge on any atom is -0.351 e. The molecular formula is C16H23N3OS2. The van der Waals surface area contributed by atoms with Crippen LogP contribution >= 0.6 is 22.7 Å². The highest BCUT2D eigenvalue weighted by Gasteiger charge is 2.11. The van der Waals surface area contributed by atoms with Gasteiger partial charge in [-0.25, -0.2) is 9.97 Å². The normalized spacial score (nSPS) is 11.1. The van der Waals surface area contributed by atoms with E-state index in [-0.39, 0.29) is 5.91 Å². The third-order valence-corrected chi connectivity index (χ3v) is 5.03. The Morgan fingerprint density at radius 3 is 2.64 bits per heavy atom.